The fraction of sp³-hybridized carbons (Fsp3) is 0.458. The Morgan fingerprint density at radius 1 is 1.07 bits per heavy atom. The molecule has 0 aliphatic carbocycles. The van der Waals surface area contributed by atoms with Crippen LogP contribution in [0.4, 0.5) is 0 Å². The van der Waals surface area contributed by atoms with E-state index >= 15 is 0 Å². The Labute approximate surface area is 173 Å². The molecule has 0 amide bonds. The molecule has 3 rings (SSSR count). The molecule has 3 aromatic rings. The van der Waals surface area contributed by atoms with Gasteiger partial charge in [-0.15, -0.1) is 0 Å². The van der Waals surface area contributed by atoms with E-state index in [0.29, 0.717) is 11.6 Å². The quantitative estimate of drug-likeness (QED) is 0.430. The second-order valence-corrected chi connectivity index (χ2v) is 8.09. The standard InChI is InChI=1S/C24H31ClN2O/c1-4-6-13-27(14-7-5-2)16-21(28)22-17(3)15-26-24-19(22)12-11-18-9-8-10-20(25)23(18)24/h8-12,15,21,28H,4-7,13-14,16H2,1-3H3. The first-order valence-electron chi connectivity index (χ1n) is 10.4. The fourth-order valence-electron chi connectivity index (χ4n) is 3.95. The van der Waals surface area contributed by atoms with Crippen molar-refractivity contribution in [3.63, 3.8) is 0 Å². The van der Waals surface area contributed by atoms with Crippen LogP contribution in [0.25, 0.3) is 21.7 Å². The summed E-state index contributed by atoms with van der Waals surface area (Å²) in [7, 11) is 0. The van der Waals surface area contributed by atoms with Gasteiger partial charge in [0.15, 0.2) is 0 Å². The number of hydrogen-bond donors (Lipinski definition) is 1. The van der Waals surface area contributed by atoms with Crippen molar-refractivity contribution in [2.24, 2.45) is 0 Å². The van der Waals surface area contributed by atoms with E-state index in [1.54, 1.807) is 0 Å². The first kappa shape index (κ1) is 21.0. The van der Waals surface area contributed by atoms with E-state index in [-0.39, 0.29) is 0 Å². The molecule has 28 heavy (non-hydrogen) atoms. The van der Waals surface area contributed by atoms with Crippen molar-refractivity contribution < 1.29 is 5.11 Å². The normalized spacial score (nSPS) is 12.9. The highest BCUT2D eigenvalue weighted by atomic mass is 35.5. The summed E-state index contributed by atoms with van der Waals surface area (Å²) in [4.78, 5) is 7.08. The molecular weight excluding hydrogens is 368 g/mol. The monoisotopic (exact) mass is 398 g/mol. The highest BCUT2D eigenvalue weighted by Crippen LogP contribution is 2.34. The second-order valence-electron chi connectivity index (χ2n) is 7.68. The van der Waals surface area contributed by atoms with Crippen LogP contribution in [0, 0.1) is 6.92 Å². The van der Waals surface area contributed by atoms with Crippen LogP contribution in [-0.4, -0.2) is 34.6 Å². The summed E-state index contributed by atoms with van der Waals surface area (Å²) in [6.45, 7) is 9.17. The molecule has 0 bridgehead atoms. The van der Waals surface area contributed by atoms with Gasteiger partial charge in [0.1, 0.15) is 0 Å². The van der Waals surface area contributed by atoms with Crippen LogP contribution in [0.5, 0.6) is 0 Å². The van der Waals surface area contributed by atoms with Crippen molar-refractivity contribution in [2.75, 3.05) is 19.6 Å². The minimum Gasteiger partial charge on any atom is -0.387 e. The number of hydrogen-bond acceptors (Lipinski definition) is 3. The first-order chi connectivity index (χ1) is 13.6. The van der Waals surface area contributed by atoms with Gasteiger partial charge in [-0.05, 0) is 55.4 Å². The summed E-state index contributed by atoms with van der Waals surface area (Å²) in [5.74, 6) is 0. The van der Waals surface area contributed by atoms with Gasteiger partial charge in [0.05, 0.1) is 16.6 Å². The Hall–Kier alpha value is -1.68. The molecule has 0 fully saturated rings. The molecule has 0 saturated heterocycles. The van der Waals surface area contributed by atoms with Crippen molar-refractivity contribution in [3.05, 3.63) is 52.7 Å². The first-order valence-corrected chi connectivity index (χ1v) is 10.8. The van der Waals surface area contributed by atoms with Crippen molar-refractivity contribution in [1.82, 2.24) is 9.88 Å². The highest BCUT2D eigenvalue weighted by molar-refractivity contribution is 6.37. The lowest BCUT2D eigenvalue weighted by Gasteiger charge is -2.26. The van der Waals surface area contributed by atoms with Crippen molar-refractivity contribution in [1.29, 1.82) is 0 Å². The van der Waals surface area contributed by atoms with Crippen molar-refractivity contribution >= 4 is 33.3 Å². The average molecular weight is 399 g/mol. The Morgan fingerprint density at radius 3 is 2.46 bits per heavy atom. The minimum atomic E-state index is -0.542. The van der Waals surface area contributed by atoms with Gasteiger partial charge in [-0.2, -0.15) is 0 Å². The van der Waals surface area contributed by atoms with Crippen LogP contribution in [0.1, 0.15) is 56.8 Å². The third kappa shape index (κ3) is 4.48. The lowest BCUT2D eigenvalue weighted by Crippen LogP contribution is -2.31. The molecule has 0 aliphatic heterocycles. The summed E-state index contributed by atoms with van der Waals surface area (Å²) in [6, 6.07) is 10.1. The third-order valence-corrected chi connectivity index (χ3v) is 5.80. The van der Waals surface area contributed by atoms with E-state index < -0.39 is 6.10 Å². The number of benzene rings is 2. The molecule has 1 aromatic heterocycles. The summed E-state index contributed by atoms with van der Waals surface area (Å²) in [6.07, 6.45) is 5.98. The van der Waals surface area contributed by atoms with Crippen LogP contribution in [0.2, 0.25) is 5.02 Å². The summed E-state index contributed by atoms with van der Waals surface area (Å²) in [5, 5.41) is 14.9. The molecule has 1 N–H and O–H groups in total. The molecule has 4 heteroatoms. The van der Waals surface area contributed by atoms with E-state index in [9.17, 15) is 5.11 Å². The number of unbranched alkanes of at least 4 members (excludes halogenated alkanes) is 2. The molecule has 2 aromatic carbocycles. The van der Waals surface area contributed by atoms with Gasteiger partial charge < -0.3 is 10.0 Å². The molecule has 0 radical (unpaired) electrons. The summed E-state index contributed by atoms with van der Waals surface area (Å²) >= 11 is 6.50. The maximum Gasteiger partial charge on any atom is 0.0926 e. The van der Waals surface area contributed by atoms with E-state index in [4.69, 9.17) is 11.6 Å². The number of aryl methyl sites for hydroxylation is 1. The molecule has 0 aliphatic rings. The number of rotatable bonds is 9. The van der Waals surface area contributed by atoms with Crippen molar-refractivity contribution in [2.45, 2.75) is 52.6 Å². The average Bonchev–Trinajstić information content (AvgIpc) is 2.69. The second kappa shape index (κ2) is 9.69. The van der Waals surface area contributed by atoms with Crippen LogP contribution in [-0.2, 0) is 0 Å². The zero-order valence-electron chi connectivity index (χ0n) is 17.2. The van der Waals surface area contributed by atoms with Crippen LogP contribution >= 0.6 is 11.6 Å². The van der Waals surface area contributed by atoms with Crippen LogP contribution < -0.4 is 0 Å². The maximum atomic E-state index is 11.2. The number of aromatic nitrogens is 1. The lowest BCUT2D eigenvalue weighted by atomic mass is 9.96. The van der Waals surface area contributed by atoms with Crippen LogP contribution in [0.15, 0.2) is 36.5 Å². The van der Waals surface area contributed by atoms with Gasteiger partial charge in [0.25, 0.3) is 0 Å². The van der Waals surface area contributed by atoms with E-state index in [0.717, 1.165) is 58.7 Å². The molecule has 150 valence electrons. The van der Waals surface area contributed by atoms with E-state index in [1.807, 2.05) is 25.3 Å². The maximum absolute atomic E-state index is 11.2. The number of pyridine rings is 1. The smallest absolute Gasteiger partial charge is 0.0926 e. The number of nitrogens with zero attached hydrogens (tertiary/aromatic N) is 2. The Kier molecular flexibility index (Phi) is 7.28. The van der Waals surface area contributed by atoms with Gasteiger partial charge in [-0.25, -0.2) is 0 Å². The predicted molar refractivity (Wildman–Crippen MR) is 120 cm³/mol. The van der Waals surface area contributed by atoms with Gasteiger partial charge in [-0.1, -0.05) is 62.6 Å². The largest absolute Gasteiger partial charge is 0.387 e. The molecule has 0 spiro atoms. The van der Waals surface area contributed by atoms with Gasteiger partial charge in [0, 0.05) is 23.5 Å². The molecule has 1 atom stereocenters. The van der Waals surface area contributed by atoms with Gasteiger partial charge >= 0.3 is 0 Å². The van der Waals surface area contributed by atoms with E-state index in [1.165, 1.54) is 12.8 Å². The number of fused-ring (bicyclic) bond motifs is 3. The Bertz CT molecular complexity index is 933. The molecule has 3 nitrogen and oxygen atoms in total. The van der Waals surface area contributed by atoms with Crippen LogP contribution in [0.3, 0.4) is 0 Å². The fourth-order valence-corrected chi connectivity index (χ4v) is 4.22. The van der Waals surface area contributed by atoms with Gasteiger partial charge in [0.2, 0.25) is 0 Å². The summed E-state index contributed by atoms with van der Waals surface area (Å²) < 4.78 is 0. The minimum absolute atomic E-state index is 0.542. The molecular formula is C24H31ClN2O. The third-order valence-electron chi connectivity index (χ3n) is 5.49. The predicted octanol–water partition coefficient (Wildman–Crippen LogP) is 6.29. The number of aliphatic hydroxyl groups excluding tert-OH is 1. The highest BCUT2D eigenvalue weighted by Gasteiger charge is 2.19. The van der Waals surface area contributed by atoms with E-state index in [2.05, 4.69) is 41.9 Å². The molecule has 1 unspecified atom stereocenters. The molecule has 0 saturated carbocycles. The zero-order valence-corrected chi connectivity index (χ0v) is 18.0. The number of aliphatic hydroxyl groups is 1. The molecule has 1 heterocycles. The summed E-state index contributed by atoms with van der Waals surface area (Å²) in [5.41, 5.74) is 2.87. The van der Waals surface area contributed by atoms with Gasteiger partial charge in [-0.3, -0.25) is 4.98 Å². The number of halogens is 1. The lowest BCUT2D eigenvalue weighted by molar-refractivity contribution is 0.111. The topological polar surface area (TPSA) is 36.4 Å². The Morgan fingerprint density at radius 2 is 1.79 bits per heavy atom. The Balaban J connectivity index is 2.01. The van der Waals surface area contributed by atoms with Crippen molar-refractivity contribution in [3.8, 4) is 0 Å². The SMILES string of the molecule is CCCCN(CCCC)CC(O)c1c(C)cnc2c1ccc1cccc(Cl)c12. The zero-order chi connectivity index (χ0) is 20.1.